The van der Waals surface area contributed by atoms with Gasteiger partial charge in [-0.1, -0.05) is 30.3 Å². The topological polar surface area (TPSA) is 153 Å². The number of phenols is 1. The first kappa shape index (κ1) is 20.9. The summed E-state index contributed by atoms with van der Waals surface area (Å²) in [4.78, 5) is 20.9. The van der Waals surface area contributed by atoms with Gasteiger partial charge in [0.2, 0.25) is 0 Å². The molecule has 0 spiro atoms. The van der Waals surface area contributed by atoms with E-state index in [2.05, 4.69) is 5.32 Å². The highest BCUT2D eigenvalue weighted by Gasteiger charge is 2.14. The van der Waals surface area contributed by atoms with Gasteiger partial charge >= 0.3 is 11.9 Å². The molecule has 0 unspecified atom stereocenters. The highest BCUT2D eigenvalue weighted by Crippen LogP contribution is 2.10. The summed E-state index contributed by atoms with van der Waals surface area (Å²) in [6.07, 6.45) is 0.273. The number of benzene rings is 2. The number of carboxylic acid groups (broad SMARTS) is 2. The van der Waals surface area contributed by atoms with E-state index >= 15 is 0 Å². The van der Waals surface area contributed by atoms with Crippen molar-refractivity contribution in [1.82, 2.24) is 0 Å². The third-order valence-electron chi connectivity index (χ3n) is 3.30. The lowest BCUT2D eigenvalue weighted by molar-refractivity contribution is -0.139. The van der Waals surface area contributed by atoms with E-state index in [4.69, 9.17) is 26.2 Å². The summed E-state index contributed by atoms with van der Waals surface area (Å²) in [7, 11) is 0. The van der Waals surface area contributed by atoms with Crippen LogP contribution in [0.15, 0.2) is 54.6 Å². The standard InChI is InChI=1S/2C9H11NO3/c10-8(9(12)13)5-6-1-3-7(11)4-2-6;11-6-8(9(12)13)10-7-4-2-1-3-5-7/h1-4,8,11H,5,10H2,(H,12,13);1-5,8,10-11H,6H2,(H,12,13)/t2*8-/m00/s1. The molecule has 0 fully saturated rings. The van der Waals surface area contributed by atoms with Crippen LogP contribution in [0.2, 0.25) is 0 Å². The molecular formula is C18H22N2O6. The Kier molecular flexibility index (Phi) is 8.62. The normalized spacial score (nSPS) is 12.2. The highest BCUT2D eigenvalue weighted by atomic mass is 16.4. The minimum absolute atomic E-state index is 0.160. The predicted octanol–water partition coefficient (Wildman–Crippen LogP) is 0.891. The summed E-state index contributed by atoms with van der Waals surface area (Å²) in [6, 6.07) is 13.4. The van der Waals surface area contributed by atoms with Gasteiger partial charge in [-0.05, 0) is 36.2 Å². The van der Waals surface area contributed by atoms with Crippen molar-refractivity contribution in [3.8, 4) is 5.75 Å². The van der Waals surface area contributed by atoms with E-state index in [-0.39, 0.29) is 12.2 Å². The van der Waals surface area contributed by atoms with Gasteiger partial charge < -0.3 is 31.5 Å². The molecule has 2 aromatic carbocycles. The smallest absolute Gasteiger partial charge is 0.328 e. The molecule has 0 bridgehead atoms. The fourth-order valence-electron chi connectivity index (χ4n) is 1.89. The van der Waals surface area contributed by atoms with Crippen LogP contribution in [0.1, 0.15) is 5.56 Å². The van der Waals surface area contributed by atoms with E-state index in [9.17, 15) is 9.59 Å². The molecule has 140 valence electrons. The van der Waals surface area contributed by atoms with Gasteiger partial charge in [0.15, 0.2) is 0 Å². The second-order valence-corrected chi connectivity index (χ2v) is 5.40. The fraction of sp³-hybridized carbons (Fsp3) is 0.222. The quantitative estimate of drug-likeness (QED) is 0.424. The molecule has 0 aliphatic rings. The van der Waals surface area contributed by atoms with Crippen LogP contribution in [0.4, 0.5) is 5.69 Å². The van der Waals surface area contributed by atoms with Crippen molar-refractivity contribution in [2.24, 2.45) is 5.73 Å². The molecule has 26 heavy (non-hydrogen) atoms. The van der Waals surface area contributed by atoms with Gasteiger partial charge in [-0.25, -0.2) is 4.79 Å². The monoisotopic (exact) mass is 362 g/mol. The summed E-state index contributed by atoms with van der Waals surface area (Å²) in [5.41, 5.74) is 6.81. The summed E-state index contributed by atoms with van der Waals surface area (Å²) in [6.45, 7) is -0.426. The van der Waals surface area contributed by atoms with E-state index in [0.717, 1.165) is 5.56 Å². The summed E-state index contributed by atoms with van der Waals surface area (Å²) < 4.78 is 0. The van der Waals surface area contributed by atoms with Crippen LogP contribution >= 0.6 is 0 Å². The Morgan fingerprint density at radius 2 is 1.54 bits per heavy atom. The van der Waals surface area contributed by atoms with Gasteiger partial charge in [0.1, 0.15) is 17.8 Å². The number of hydrogen-bond acceptors (Lipinski definition) is 6. The van der Waals surface area contributed by atoms with Crippen LogP contribution < -0.4 is 11.1 Å². The number of aliphatic hydroxyl groups excluding tert-OH is 1. The van der Waals surface area contributed by atoms with Crippen LogP contribution in [0.25, 0.3) is 0 Å². The molecule has 8 nitrogen and oxygen atoms in total. The number of aliphatic carboxylic acids is 2. The van der Waals surface area contributed by atoms with Crippen molar-refractivity contribution >= 4 is 17.6 Å². The first-order chi connectivity index (χ1) is 12.3. The Balaban J connectivity index is 0.000000260. The van der Waals surface area contributed by atoms with Crippen molar-refractivity contribution in [2.45, 2.75) is 18.5 Å². The number of carbonyl (C=O) groups is 2. The van der Waals surface area contributed by atoms with Gasteiger partial charge in [0, 0.05) is 5.69 Å². The van der Waals surface area contributed by atoms with Crippen molar-refractivity contribution in [1.29, 1.82) is 0 Å². The summed E-state index contributed by atoms with van der Waals surface area (Å²) >= 11 is 0. The maximum atomic E-state index is 10.5. The number of aromatic hydroxyl groups is 1. The molecule has 7 N–H and O–H groups in total. The SMILES string of the molecule is N[C@@H](Cc1ccc(O)cc1)C(=O)O.O=C(O)[C@H](CO)Nc1ccccc1. The molecule has 0 saturated heterocycles. The number of rotatable bonds is 7. The Hall–Kier alpha value is -3.10. The Morgan fingerprint density at radius 1 is 0.962 bits per heavy atom. The number of phenolic OH excluding ortho intramolecular Hbond substituents is 1. The number of nitrogens with one attached hydrogen (secondary N) is 1. The van der Waals surface area contributed by atoms with Crippen molar-refractivity contribution in [3.05, 3.63) is 60.2 Å². The van der Waals surface area contributed by atoms with Crippen LogP contribution in [0, 0.1) is 0 Å². The summed E-state index contributed by atoms with van der Waals surface area (Å²) in [5.74, 6) is -1.92. The van der Waals surface area contributed by atoms with Gasteiger partial charge in [0.05, 0.1) is 6.61 Å². The number of hydrogen-bond donors (Lipinski definition) is 6. The second-order valence-electron chi connectivity index (χ2n) is 5.40. The second kappa shape index (κ2) is 10.7. The lowest BCUT2D eigenvalue weighted by atomic mass is 10.1. The van der Waals surface area contributed by atoms with Crippen LogP contribution in [-0.2, 0) is 16.0 Å². The first-order valence-electron chi connectivity index (χ1n) is 7.75. The van der Waals surface area contributed by atoms with Crippen LogP contribution in [0.3, 0.4) is 0 Å². The lowest BCUT2D eigenvalue weighted by Gasteiger charge is -2.12. The third-order valence-corrected chi connectivity index (χ3v) is 3.30. The van der Waals surface area contributed by atoms with E-state index < -0.39 is 30.6 Å². The third kappa shape index (κ3) is 7.65. The van der Waals surface area contributed by atoms with Gasteiger partial charge in [0.25, 0.3) is 0 Å². The molecule has 2 atom stereocenters. The van der Waals surface area contributed by atoms with E-state index in [1.54, 1.807) is 36.4 Å². The Labute approximate surface area is 150 Å². The Morgan fingerprint density at radius 3 is 2.00 bits per heavy atom. The average molecular weight is 362 g/mol. The average Bonchev–Trinajstić information content (AvgIpc) is 2.62. The van der Waals surface area contributed by atoms with Crippen LogP contribution in [-0.4, -0.2) is 51.1 Å². The van der Waals surface area contributed by atoms with Crippen molar-refractivity contribution in [2.75, 3.05) is 11.9 Å². The lowest BCUT2D eigenvalue weighted by Crippen LogP contribution is -2.32. The van der Waals surface area contributed by atoms with Crippen molar-refractivity contribution in [3.63, 3.8) is 0 Å². The van der Waals surface area contributed by atoms with Gasteiger partial charge in [-0.15, -0.1) is 0 Å². The molecule has 0 aliphatic heterocycles. The van der Waals surface area contributed by atoms with Crippen LogP contribution in [0.5, 0.6) is 5.75 Å². The maximum absolute atomic E-state index is 10.5. The zero-order chi connectivity index (χ0) is 19.5. The molecule has 0 aromatic heterocycles. The molecule has 0 aliphatic carbocycles. The molecule has 0 radical (unpaired) electrons. The minimum atomic E-state index is -1.06. The van der Waals surface area contributed by atoms with E-state index in [1.807, 2.05) is 6.07 Å². The molecular weight excluding hydrogens is 340 g/mol. The van der Waals surface area contributed by atoms with Gasteiger partial charge in [-0.3, -0.25) is 4.79 Å². The number of carboxylic acids is 2. The highest BCUT2D eigenvalue weighted by molar-refractivity contribution is 5.77. The maximum Gasteiger partial charge on any atom is 0.328 e. The largest absolute Gasteiger partial charge is 0.508 e. The Bertz CT molecular complexity index is 691. The predicted molar refractivity (Wildman–Crippen MR) is 96.0 cm³/mol. The first-order valence-corrected chi connectivity index (χ1v) is 7.75. The number of nitrogens with two attached hydrogens (primary N) is 1. The number of anilines is 1. The fourth-order valence-corrected chi connectivity index (χ4v) is 1.89. The zero-order valence-corrected chi connectivity index (χ0v) is 13.9. The molecule has 8 heteroatoms. The summed E-state index contributed by atoms with van der Waals surface area (Å²) in [5, 5.41) is 37.5. The van der Waals surface area contributed by atoms with E-state index in [1.165, 1.54) is 12.1 Å². The van der Waals surface area contributed by atoms with Crippen molar-refractivity contribution < 1.29 is 30.0 Å². The molecule has 0 heterocycles. The minimum Gasteiger partial charge on any atom is -0.508 e. The number of aliphatic hydroxyl groups is 1. The van der Waals surface area contributed by atoms with E-state index in [0.29, 0.717) is 5.69 Å². The zero-order valence-electron chi connectivity index (χ0n) is 13.9. The molecule has 2 rings (SSSR count). The number of para-hydroxylation sites is 1. The van der Waals surface area contributed by atoms with Gasteiger partial charge in [-0.2, -0.15) is 0 Å². The molecule has 0 amide bonds. The molecule has 2 aromatic rings. The molecule has 0 saturated carbocycles.